The molecule has 0 saturated carbocycles. The minimum absolute atomic E-state index is 0.0420. The van der Waals surface area contributed by atoms with E-state index in [1.807, 2.05) is 48.2 Å². The van der Waals surface area contributed by atoms with E-state index in [9.17, 15) is 4.79 Å². The Labute approximate surface area is 163 Å². The minimum Gasteiger partial charge on any atom is -0.356 e. The highest BCUT2D eigenvalue weighted by Gasteiger charge is 2.28. The second-order valence-electron chi connectivity index (χ2n) is 7.08. The molecule has 7 nitrogen and oxygen atoms in total. The Balaban J connectivity index is 1.46. The van der Waals surface area contributed by atoms with Crippen molar-refractivity contribution in [1.29, 1.82) is 0 Å². The number of carbonyl (C=O) groups excluding carboxylic acids is 1. The van der Waals surface area contributed by atoms with Crippen molar-refractivity contribution < 1.29 is 9.32 Å². The first kappa shape index (κ1) is 18.2. The third kappa shape index (κ3) is 4.03. The van der Waals surface area contributed by atoms with Crippen LogP contribution in [0.5, 0.6) is 0 Å². The maximum absolute atomic E-state index is 12.7. The van der Waals surface area contributed by atoms with Crippen molar-refractivity contribution in [3.8, 4) is 11.3 Å². The summed E-state index contributed by atoms with van der Waals surface area (Å²) in [6.45, 7) is 3.78. The quantitative estimate of drug-likeness (QED) is 0.752. The van der Waals surface area contributed by atoms with Crippen molar-refractivity contribution in [1.82, 2.24) is 25.3 Å². The van der Waals surface area contributed by atoms with Crippen LogP contribution in [0, 0.1) is 6.92 Å². The highest BCUT2D eigenvalue weighted by atomic mass is 16.5. The number of nitrogens with zero attached hydrogens (tertiary/aromatic N) is 4. The van der Waals surface area contributed by atoms with Crippen molar-refractivity contribution in [3.63, 3.8) is 0 Å². The van der Waals surface area contributed by atoms with Gasteiger partial charge in [-0.25, -0.2) is 14.8 Å². The smallest absolute Gasteiger partial charge is 0.317 e. The van der Waals surface area contributed by atoms with Crippen molar-refractivity contribution in [2.24, 2.45) is 0 Å². The fourth-order valence-electron chi connectivity index (χ4n) is 3.61. The predicted molar refractivity (Wildman–Crippen MR) is 104 cm³/mol. The Hall–Kier alpha value is -3.22. The number of aryl methyl sites for hydroxylation is 1. The van der Waals surface area contributed by atoms with Gasteiger partial charge in [0.1, 0.15) is 6.33 Å². The van der Waals surface area contributed by atoms with Gasteiger partial charge < -0.3 is 14.7 Å². The minimum atomic E-state index is -0.0420. The normalized spacial score (nSPS) is 16.8. The summed E-state index contributed by atoms with van der Waals surface area (Å²) >= 11 is 0. The van der Waals surface area contributed by atoms with Crippen LogP contribution in [0.15, 0.2) is 53.4 Å². The van der Waals surface area contributed by atoms with E-state index in [4.69, 9.17) is 4.52 Å². The monoisotopic (exact) mass is 377 g/mol. The molecule has 1 aliphatic rings. The van der Waals surface area contributed by atoms with E-state index in [0.29, 0.717) is 18.8 Å². The lowest BCUT2D eigenvalue weighted by atomic mass is 9.91. The summed E-state index contributed by atoms with van der Waals surface area (Å²) in [6, 6.07) is 11.8. The zero-order valence-corrected chi connectivity index (χ0v) is 15.8. The van der Waals surface area contributed by atoms with Gasteiger partial charge in [0.2, 0.25) is 0 Å². The largest absolute Gasteiger partial charge is 0.356 e. The predicted octanol–water partition coefficient (Wildman–Crippen LogP) is 3.53. The summed E-state index contributed by atoms with van der Waals surface area (Å²) in [7, 11) is 0. The summed E-state index contributed by atoms with van der Waals surface area (Å²) in [5, 5.41) is 6.99. The number of likely N-dealkylation sites (tertiary alicyclic amines) is 1. The van der Waals surface area contributed by atoms with Crippen LogP contribution in [0.1, 0.15) is 35.7 Å². The van der Waals surface area contributed by atoms with E-state index >= 15 is 0 Å². The van der Waals surface area contributed by atoms with Crippen molar-refractivity contribution in [2.45, 2.75) is 32.2 Å². The third-order valence-corrected chi connectivity index (χ3v) is 5.02. The molecule has 1 N–H and O–H groups in total. The Morgan fingerprint density at radius 3 is 2.96 bits per heavy atom. The lowest BCUT2D eigenvalue weighted by molar-refractivity contribution is 0.178. The topological polar surface area (TPSA) is 84.2 Å². The fourth-order valence-corrected chi connectivity index (χ4v) is 3.61. The maximum atomic E-state index is 12.7. The van der Waals surface area contributed by atoms with Crippen LogP contribution >= 0.6 is 0 Å². The van der Waals surface area contributed by atoms with Gasteiger partial charge in [-0.15, -0.1) is 0 Å². The van der Waals surface area contributed by atoms with E-state index in [0.717, 1.165) is 41.9 Å². The molecule has 0 spiro atoms. The van der Waals surface area contributed by atoms with Gasteiger partial charge >= 0.3 is 6.03 Å². The van der Waals surface area contributed by atoms with Crippen LogP contribution in [0.2, 0.25) is 0 Å². The van der Waals surface area contributed by atoms with E-state index in [1.54, 1.807) is 12.5 Å². The van der Waals surface area contributed by atoms with Gasteiger partial charge in [-0.05, 0) is 25.3 Å². The second kappa shape index (κ2) is 8.21. The van der Waals surface area contributed by atoms with Gasteiger partial charge in [-0.2, -0.15) is 0 Å². The molecule has 0 radical (unpaired) electrons. The first-order valence-corrected chi connectivity index (χ1v) is 9.51. The number of amides is 2. The summed E-state index contributed by atoms with van der Waals surface area (Å²) in [5.74, 6) is 0.804. The van der Waals surface area contributed by atoms with Gasteiger partial charge in [0.05, 0.1) is 17.0 Å². The molecular formula is C21H23N5O2. The first-order valence-electron chi connectivity index (χ1n) is 9.51. The third-order valence-electron chi connectivity index (χ3n) is 5.02. The van der Waals surface area contributed by atoms with Crippen LogP contribution in [0.25, 0.3) is 11.3 Å². The van der Waals surface area contributed by atoms with Crippen LogP contribution in [0.3, 0.4) is 0 Å². The Morgan fingerprint density at radius 1 is 1.32 bits per heavy atom. The van der Waals surface area contributed by atoms with Crippen molar-refractivity contribution >= 4 is 6.03 Å². The average Bonchev–Trinajstić information content (AvgIpc) is 3.19. The zero-order valence-electron chi connectivity index (χ0n) is 15.8. The SMILES string of the molecule is Cc1cc(-c2cncnc2[C@H]2CCCN(C(=O)NCc3ccccc3)C2)on1. The van der Waals surface area contributed by atoms with Gasteiger partial charge in [-0.3, -0.25) is 0 Å². The number of nitrogens with one attached hydrogen (secondary N) is 1. The summed E-state index contributed by atoms with van der Waals surface area (Å²) < 4.78 is 5.42. The molecule has 144 valence electrons. The molecule has 4 rings (SSSR count). The lowest BCUT2D eigenvalue weighted by Crippen LogP contribution is -2.44. The molecule has 0 aliphatic carbocycles. The number of hydrogen-bond acceptors (Lipinski definition) is 5. The molecule has 1 aliphatic heterocycles. The van der Waals surface area contributed by atoms with Gasteiger partial charge in [-0.1, -0.05) is 35.5 Å². The second-order valence-corrected chi connectivity index (χ2v) is 7.08. The maximum Gasteiger partial charge on any atom is 0.317 e. The Kier molecular flexibility index (Phi) is 5.32. The average molecular weight is 377 g/mol. The molecule has 3 heterocycles. The van der Waals surface area contributed by atoms with Crippen LogP contribution in [-0.4, -0.2) is 39.1 Å². The highest BCUT2D eigenvalue weighted by Crippen LogP contribution is 2.32. The molecule has 0 unspecified atom stereocenters. The number of benzene rings is 1. The summed E-state index contributed by atoms with van der Waals surface area (Å²) in [5.41, 5.74) is 3.66. The molecular weight excluding hydrogens is 354 g/mol. The van der Waals surface area contributed by atoms with Crippen molar-refractivity contribution in [2.75, 3.05) is 13.1 Å². The van der Waals surface area contributed by atoms with Crippen LogP contribution < -0.4 is 5.32 Å². The molecule has 0 bridgehead atoms. The molecule has 1 fully saturated rings. The summed E-state index contributed by atoms with van der Waals surface area (Å²) in [4.78, 5) is 23.2. The standard InChI is InChI=1S/C21H23N5O2/c1-15-10-19(28-25-15)18-12-22-14-24-20(18)17-8-5-9-26(13-17)21(27)23-11-16-6-3-2-4-7-16/h2-4,6-7,10,12,14,17H,5,8-9,11,13H2,1H3,(H,23,27)/t17-/m0/s1. The molecule has 3 aromatic rings. The molecule has 7 heteroatoms. The van der Waals surface area contributed by atoms with E-state index in [1.165, 1.54) is 0 Å². The van der Waals surface area contributed by atoms with E-state index < -0.39 is 0 Å². The molecule has 1 saturated heterocycles. The summed E-state index contributed by atoms with van der Waals surface area (Å²) in [6.07, 6.45) is 5.22. The Bertz CT molecular complexity index is 941. The molecule has 1 aromatic carbocycles. The number of carbonyl (C=O) groups is 1. The van der Waals surface area contributed by atoms with Crippen molar-refractivity contribution in [3.05, 3.63) is 65.9 Å². The van der Waals surface area contributed by atoms with Gasteiger partial charge in [0, 0.05) is 37.8 Å². The highest BCUT2D eigenvalue weighted by molar-refractivity contribution is 5.74. The lowest BCUT2D eigenvalue weighted by Gasteiger charge is -2.33. The number of aromatic nitrogens is 3. The van der Waals surface area contributed by atoms with Gasteiger partial charge in [0.25, 0.3) is 0 Å². The van der Waals surface area contributed by atoms with Crippen LogP contribution in [-0.2, 0) is 6.54 Å². The van der Waals surface area contributed by atoms with E-state index in [-0.39, 0.29) is 11.9 Å². The molecule has 2 amide bonds. The van der Waals surface area contributed by atoms with Crippen LogP contribution in [0.4, 0.5) is 4.79 Å². The molecule has 2 aromatic heterocycles. The van der Waals surface area contributed by atoms with Gasteiger partial charge in [0.15, 0.2) is 5.76 Å². The molecule has 1 atom stereocenters. The fraction of sp³-hybridized carbons (Fsp3) is 0.333. The number of urea groups is 1. The first-order chi connectivity index (χ1) is 13.7. The number of piperidine rings is 1. The number of rotatable bonds is 4. The van der Waals surface area contributed by atoms with E-state index in [2.05, 4.69) is 20.4 Å². The zero-order chi connectivity index (χ0) is 19.3. The Morgan fingerprint density at radius 2 is 2.18 bits per heavy atom. The number of hydrogen-bond donors (Lipinski definition) is 1. The molecule has 28 heavy (non-hydrogen) atoms.